The maximum atomic E-state index is 16.0. The number of nitrogens with zero attached hydrogens (tertiary/aromatic N) is 3. The van der Waals surface area contributed by atoms with E-state index in [1.165, 1.54) is 18.2 Å². The molecule has 0 saturated carbocycles. The first-order valence-corrected chi connectivity index (χ1v) is 21.9. The fourth-order valence-corrected chi connectivity index (χ4v) is 9.78. The van der Waals surface area contributed by atoms with Crippen molar-refractivity contribution in [3.05, 3.63) is 248 Å². The van der Waals surface area contributed by atoms with Crippen LogP contribution in [0.3, 0.4) is 0 Å². The topological polar surface area (TPSA) is 14.2 Å². The van der Waals surface area contributed by atoms with Crippen LogP contribution >= 0.6 is 0 Å². The summed E-state index contributed by atoms with van der Waals surface area (Å²) in [5.74, 6) is -1.47. The Morgan fingerprint density at radius 3 is 0.955 bits per heavy atom. The van der Waals surface area contributed by atoms with Gasteiger partial charge in [-0.15, -0.1) is 0 Å². The van der Waals surface area contributed by atoms with Gasteiger partial charge in [0.2, 0.25) is 0 Å². The lowest BCUT2D eigenvalue weighted by Gasteiger charge is -2.20. The van der Waals surface area contributed by atoms with Crippen LogP contribution in [0.15, 0.2) is 224 Å². The minimum atomic E-state index is -0.737. The third-order valence-electron chi connectivity index (χ3n) is 12.9. The molecule has 10 aromatic carbocycles. The van der Waals surface area contributed by atoms with Crippen molar-refractivity contribution in [2.24, 2.45) is 0 Å². The molecule has 66 heavy (non-hydrogen) atoms. The average Bonchev–Trinajstić information content (AvgIpc) is 3.88. The molecule has 12 aromatic rings. The molecule has 0 amide bonds. The molecule has 12 rings (SSSR count). The number of hydrogen-bond donors (Lipinski definition) is 0. The molecule has 0 N–H and O–H groups in total. The van der Waals surface area contributed by atoms with Crippen molar-refractivity contribution in [3.8, 4) is 67.0 Å². The lowest BCUT2D eigenvalue weighted by atomic mass is 10.00. The van der Waals surface area contributed by atoms with E-state index < -0.39 is 11.6 Å². The van der Waals surface area contributed by atoms with Gasteiger partial charge in [0.25, 0.3) is 0 Å². The second kappa shape index (κ2) is 15.7. The third-order valence-corrected chi connectivity index (χ3v) is 12.9. The first-order chi connectivity index (χ1) is 32.5. The highest BCUT2D eigenvalue weighted by Crippen LogP contribution is 2.46. The number of halogens is 2. The highest BCUT2D eigenvalue weighted by atomic mass is 19.1. The molecular formula is C61H37F2N3. The predicted octanol–water partition coefficient (Wildman–Crippen LogP) is 17.0. The SMILES string of the molecule is [C-]#[N+]c1cc(-n2c3ccc(-c4ccccc4)cc3c3cc(-c4ccccc4)ccc32)c(-n2c3ccc(-c4ccccc4)cc3c3cc(-c4ccccc4)ccc32)cc1-c1c(F)cccc1F. The largest absolute Gasteiger partial charge is 0.308 e. The summed E-state index contributed by atoms with van der Waals surface area (Å²) in [4.78, 5) is 4.00. The Hall–Kier alpha value is -8.85. The van der Waals surface area contributed by atoms with Crippen LogP contribution < -0.4 is 0 Å². The van der Waals surface area contributed by atoms with Gasteiger partial charge in [0.05, 0.1) is 40.0 Å². The summed E-state index contributed by atoms with van der Waals surface area (Å²) < 4.78 is 36.5. The van der Waals surface area contributed by atoms with Crippen molar-refractivity contribution in [1.82, 2.24) is 9.13 Å². The molecule has 3 nitrogen and oxygen atoms in total. The van der Waals surface area contributed by atoms with E-state index in [9.17, 15) is 0 Å². The maximum Gasteiger partial charge on any atom is 0.197 e. The standard InChI is InChI=1S/C61H37F2N3/c1-64-54-38-60(66-57-31-27-45(41-19-10-4-11-20-41)35-49(57)50-36-46(28-32-58(50)66)42-21-12-5-13-22-42)59(37-51(54)61-52(62)23-14-24-53(61)63)65-55-29-25-43(39-15-6-2-7-16-39)33-47(55)48-34-44(26-30-56(48)65)40-17-8-3-9-18-40/h2-38H. The molecule has 0 bridgehead atoms. The normalized spacial score (nSPS) is 11.5. The summed E-state index contributed by atoms with van der Waals surface area (Å²) in [6, 6.07) is 74.9. The van der Waals surface area contributed by atoms with Crippen LogP contribution in [0.4, 0.5) is 14.5 Å². The molecule has 0 unspecified atom stereocenters. The van der Waals surface area contributed by atoms with E-state index in [1.807, 2.05) is 84.9 Å². The summed E-state index contributed by atoms with van der Waals surface area (Å²) in [7, 11) is 0. The van der Waals surface area contributed by atoms with Gasteiger partial charge in [-0.2, -0.15) is 0 Å². The van der Waals surface area contributed by atoms with Crippen molar-refractivity contribution in [2.75, 3.05) is 0 Å². The third kappa shape index (κ3) is 6.38. The van der Waals surface area contributed by atoms with Crippen LogP contribution in [0.5, 0.6) is 0 Å². The number of hydrogen-bond acceptors (Lipinski definition) is 0. The van der Waals surface area contributed by atoms with E-state index in [0.717, 1.165) is 88.1 Å². The molecular weight excluding hydrogens is 813 g/mol. The minimum absolute atomic E-state index is 0.132. The first kappa shape index (κ1) is 38.8. The Bertz CT molecular complexity index is 3670. The van der Waals surface area contributed by atoms with Gasteiger partial charge >= 0.3 is 0 Å². The molecule has 2 aromatic heterocycles. The lowest BCUT2D eigenvalue weighted by Crippen LogP contribution is -2.05. The summed E-state index contributed by atoms with van der Waals surface area (Å²) in [5, 5.41) is 4.10. The molecule has 0 aliphatic rings. The van der Waals surface area contributed by atoms with Crippen molar-refractivity contribution in [2.45, 2.75) is 0 Å². The minimum Gasteiger partial charge on any atom is -0.308 e. The zero-order chi connectivity index (χ0) is 44.3. The molecule has 5 heteroatoms. The molecule has 0 fully saturated rings. The van der Waals surface area contributed by atoms with Crippen molar-refractivity contribution < 1.29 is 8.78 Å². The zero-order valence-electron chi connectivity index (χ0n) is 35.5. The van der Waals surface area contributed by atoms with E-state index in [1.54, 1.807) is 0 Å². The molecule has 0 aliphatic heterocycles. The van der Waals surface area contributed by atoms with Crippen LogP contribution in [0.25, 0.3) is 115 Å². The Morgan fingerprint density at radius 2 is 0.636 bits per heavy atom. The fourth-order valence-electron chi connectivity index (χ4n) is 9.78. The van der Waals surface area contributed by atoms with E-state index >= 15 is 8.78 Å². The van der Waals surface area contributed by atoms with Crippen LogP contribution in [0.2, 0.25) is 0 Å². The molecule has 2 heterocycles. The van der Waals surface area contributed by atoms with E-state index in [-0.39, 0.29) is 16.8 Å². The van der Waals surface area contributed by atoms with E-state index in [2.05, 4.69) is 135 Å². The maximum absolute atomic E-state index is 16.0. The van der Waals surface area contributed by atoms with Gasteiger partial charge in [-0.3, -0.25) is 0 Å². The number of rotatable bonds is 7. The second-order valence-electron chi connectivity index (χ2n) is 16.6. The highest BCUT2D eigenvalue weighted by Gasteiger charge is 2.25. The second-order valence-corrected chi connectivity index (χ2v) is 16.6. The average molecular weight is 850 g/mol. The highest BCUT2D eigenvalue weighted by molar-refractivity contribution is 6.14. The lowest BCUT2D eigenvalue weighted by molar-refractivity contribution is 0.590. The van der Waals surface area contributed by atoms with Gasteiger partial charge in [-0.1, -0.05) is 152 Å². The Balaban J connectivity index is 1.22. The van der Waals surface area contributed by atoms with Gasteiger partial charge in [0, 0.05) is 27.1 Å². The van der Waals surface area contributed by atoms with E-state index in [0.29, 0.717) is 11.4 Å². The number of aromatic nitrogens is 2. The quantitative estimate of drug-likeness (QED) is 0.142. The Labute approximate surface area is 380 Å². The summed E-state index contributed by atoms with van der Waals surface area (Å²) in [6.07, 6.45) is 0. The molecule has 0 spiro atoms. The van der Waals surface area contributed by atoms with Crippen molar-refractivity contribution in [3.63, 3.8) is 0 Å². The van der Waals surface area contributed by atoms with Crippen molar-refractivity contribution in [1.29, 1.82) is 0 Å². The van der Waals surface area contributed by atoms with Crippen LogP contribution in [-0.4, -0.2) is 9.13 Å². The molecule has 0 atom stereocenters. The Kier molecular flexibility index (Phi) is 9.25. The van der Waals surface area contributed by atoms with Crippen LogP contribution in [0, 0.1) is 18.2 Å². The monoisotopic (exact) mass is 849 g/mol. The van der Waals surface area contributed by atoms with Gasteiger partial charge in [0.1, 0.15) is 11.6 Å². The van der Waals surface area contributed by atoms with Crippen LogP contribution in [-0.2, 0) is 0 Å². The number of fused-ring (bicyclic) bond motifs is 6. The Morgan fingerprint density at radius 1 is 0.318 bits per heavy atom. The molecule has 310 valence electrons. The summed E-state index contributed by atoms with van der Waals surface area (Å²) in [6.45, 7) is 8.55. The van der Waals surface area contributed by atoms with Gasteiger partial charge < -0.3 is 9.13 Å². The number of benzene rings is 10. The first-order valence-electron chi connectivity index (χ1n) is 21.9. The summed E-state index contributed by atoms with van der Waals surface area (Å²) >= 11 is 0. The molecule has 0 aliphatic carbocycles. The van der Waals surface area contributed by atoms with Crippen molar-refractivity contribution >= 4 is 49.3 Å². The van der Waals surface area contributed by atoms with Gasteiger partial charge in [-0.05, 0) is 123 Å². The van der Waals surface area contributed by atoms with Gasteiger partial charge in [0.15, 0.2) is 5.69 Å². The summed E-state index contributed by atoms with van der Waals surface area (Å²) in [5.41, 5.74) is 13.8. The zero-order valence-corrected chi connectivity index (χ0v) is 35.5. The smallest absolute Gasteiger partial charge is 0.197 e. The molecule has 0 radical (unpaired) electrons. The fraction of sp³-hybridized carbons (Fsp3) is 0. The van der Waals surface area contributed by atoms with Crippen LogP contribution in [0.1, 0.15) is 0 Å². The predicted molar refractivity (Wildman–Crippen MR) is 268 cm³/mol. The molecule has 0 saturated heterocycles. The van der Waals surface area contributed by atoms with Gasteiger partial charge in [-0.25, -0.2) is 13.6 Å². The van der Waals surface area contributed by atoms with E-state index in [4.69, 9.17) is 6.57 Å².